The van der Waals surface area contributed by atoms with Gasteiger partial charge in [0.05, 0.1) is 23.4 Å². The number of pyridine rings is 1. The number of carbonyl (C=O) groups is 1. The van der Waals surface area contributed by atoms with E-state index in [0.717, 1.165) is 38.1 Å². The third-order valence-corrected chi connectivity index (χ3v) is 6.77. The van der Waals surface area contributed by atoms with Crippen molar-refractivity contribution < 1.29 is 14.3 Å². The molecule has 1 aliphatic heterocycles. The van der Waals surface area contributed by atoms with Crippen LogP contribution in [0.3, 0.4) is 0 Å². The van der Waals surface area contributed by atoms with E-state index in [1.165, 1.54) is 11.3 Å². The zero-order valence-electron chi connectivity index (χ0n) is 18.4. The summed E-state index contributed by atoms with van der Waals surface area (Å²) in [6.07, 6.45) is 1.59. The normalized spacial score (nSPS) is 16.1. The zero-order valence-corrected chi connectivity index (χ0v) is 20.0. The number of amides is 1. The number of thiophene rings is 1. The molecule has 10 heteroatoms. The van der Waals surface area contributed by atoms with E-state index in [2.05, 4.69) is 20.2 Å². The highest BCUT2D eigenvalue weighted by atomic mass is 35.5. The van der Waals surface area contributed by atoms with Crippen molar-refractivity contribution >= 4 is 55.5 Å². The molecule has 0 bridgehead atoms. The molecule has 4 aromatic rings. The smallest absolute Gasteiger partial charge is 0.263 e. The number of aromatic nitrogens is 3. The van der Waals surface area contributed by atoms with Crippen LogP contribution in [0.2, 0.25) is 5.28 Å². The number of nitrogens with zero attached hydrogens (tertiary/aromatic N) is 4. The van der Waals surface area contributed by atoms with Crippen molar-refractivity contribution in [1.82, 2.24) is 20.3 Å². The molecule has 0 saturated heterocycles. The number of fused-ring (bicyclic) bond motifs is 5. The minimum atomic E-state index is -0.0356. The molecule has 1 aromatic carbocycles. The van der Waals surface area contributed by atoms with E-state index >= 15 is 0 Å². The summed E-state index contributed by atoms with van der Waals surface area (Å²) in [4.78, 5) is 28.5. The summed E-state index contributed by atoms with van der Waals surface area (Å²) in [5, 5.41) is 5.13. The van der Waals surface area contributed by atoms with E-state index in [4.69, 9.17) is 26.1 Å². The van der Waals surface area contributed by atoms with Crippen LogP contribution < -0.4 is 15.0 Å². The highest BCUT2D eigenvalue weighted by Crippen LogP contribution is 2.43. The molecule has 3 aromatic heterocycles. The number of likely N-dealkylation sites (N-methyl/N-ethyl adjacent to an activating group) is 1. The van der Waals surface area contributed by atoms with Crippen LogP contribution in [-0.2, 0) is 11.3 Å². The molecule has 0 saturated carbocycles. The topological polar surface area (TPSA) is 89.5 Å². The molecule has 0 aliphatic carbocycles. The van der Waals surface area contributed by atoms with E-state index in [9.17, 15) is 4.79 Å². The first-order chi connectivity index (χ1) is 15.9. The van der Waals surface area contributed by atoms with Gasteiger partial charge in [0, 0.05) is 54.0 Å². The third kappa shape index (κ3) is 4.07. The second-order valence-corrected chi connectivity index (χ2v) is 9.29. The van der Waals surface area contributed by atoms with Gasteiger partial charge in [0.1, 0.15) is 4.88 Å². The van der Waals surface area contributed by atoms with E-state index in [0.29, 0.717) is 30.5 Å². The Hall–Kier alpha value is -3.01. The molecule has 1 N–H and O–H groups in total. The number of halogens is 1. The Bertz CT molecular complexity index is 1380. The summed E-state index contributed by atoms with van der Waals surface area (Å²) in [7, 11) is 2.02. The Morgan fingerprint density at radius 1 is 1.27 bits per heavy atom. The van der Waals surface area contributed by atoms with E-state index in [-0.39, 0.29) is 17.2 Å². The summed E-state index contributed by atoms with van der Waals surface area (Å²) in [5.74, 6) is 0.660. The Kier molecular flexibility index (Phi) is 5.77. The van der Waals surface area contributed by atoms with Crippen molar-refractivity contribution in [3.63, 3.8) is 0 Å². The van der Waals surface area contributed by atoms with Crippen LogP contribution in [0, 0.1) is 0 Å². The predicted octanol–water partition coefficient (Wildman–Crippen LogP) is 4.79. The summed E-state index contributed by atoms with van der Waals surface area (Å²) in [6, 6.07) is 7.77. The molecule has 8 nitrogen and oxygen atoms in total. The largest absolute Gasteiger partial charge is 0.420 e. The summed E-state index contributed by atoms with van der Waals surface area (Å²) in [5.41, 5.74) is 2.39. The lowest BCUT2D eigenvalue weighted by Gasteiger charge is -2.20. The molecule has 5 rings (SSSR count). The van der Waals surface area contributed by atoms with Gasteiger partial charge in [-0.25, -0.2) is 9.97 Å². The van der Waals surface area contributed by atoms with E-state index < -0.39 is 0 Å². The molecule has 0 spiro atoms. The highest BCUT2D eigenvalue weighted by molar-refractivity contribution is 7.21. The minimum absolute atomic E-state index is 0.0356. The minimum Gasteiger partial charge on any atom is -0.420 e. The summed E-state index contributed by atoms with van der Waals surface area (Å²) < 4.78 is 12.5. The lowest BCUT2D eigenvalue weighted by atomic mass is 10.1. The first-order valence-corrected chi connectivity index (χ1v) is 11.8. The van der Waals surface area contributed by atoms with Crippen LogP contribution in [0.1, 0.15) is 29.1 Å². The van der Waals surface area contributed by atoms with Crippen LogP contribution in [-0.4, -0.2) is 47.1 Å². The average molecular weight is 484 g/mol. The number of hydrogen-bond donors (Lipinski definition) is 1. The Morgan fingerprint density at radius 2 is 2.12 bits per heavy atom. The molecule has 1 atom stereocenters. The van der Waals surface area contributed by atoms with Crippen LogP contribution in [0.25, 0.3) is 21.0 Å². The third-order valence-electron chi connectivity index (χ3n) is 5.44. The van der Waals surface area contributed by atoms with Gasteiger partial charge in [-0.15, -0.1) is 11.3 Å². The van der Waals surface area contributed by atoms with Crippen molar-refractivity contribution in [2.75, 3.05) is 25.1 Å². The Labute approximate surface area is 199 Å². The van der Waals surface area contributed by atoms with Gasteiger partial charge in [0.25, 0.3) is 5.91 Å². The van der Waals surface area contributed by atoms with Crippen LogP contribution in [0.15, 0.2) is 30.5 Å². The number of anilines is 1. The highest BCUT2D eigenvalue weighted by Gasteiger charge is 2.28. The molecule has 1 amide bonds. The van der Waals surface area contributed by atoms with Gasteiger partial charge in [0.15, 0.2) is 0 Å². The number of rotatable bonds is 5. The fourth-order valence-electron chi connectivity index (χ4n) is 4.05. The molecular formula is C23H22ClN5O3S. The molecule has 1 unspecified atom stereocenters. The summed E-state index contributed by atoms with van der Waals surface area (Å²) in [6.45, 7) is 5.52. The number of carbonyl (C=O) groups excluding carboxylic acids is 1. The van der Waals surface area contributed by atoms with Crippen molar-refractivity contribution in [3.05, 3.63) is 46.2 Å². The second-order valence-electron chi connectivity index (χ2n) is 7.90. The van der Waals surface area contributed by atoms with E-state index in [1.807, 2.05) is 39.1 Å². The van der Waals surface area contributed by atoms with Gasteiger partial charge in [0.2, 0.25) is 17.0 Å². The van der Waals surface area contributed by atoms with Crippen molar-refractivity contribution in [3.8, 4) is 11.8 Å². The maximum atomic E-state index is 12.8. The number of ether oxygens (including phenoxy) is 2. The molecule has 170 valence electrons. The molecule has 1 aliphatic rings. The molecule has 4 heterocycles. The Morgan fingerprint density at radius 3 is 2.94 bits per heavy atom. The molecular weight excluding hydrogens is 462 g/mol. The molecule has 0 radical (unpaired) electrons. The van der Waals surface area contributed by atoms with Gasteiger partial charge < -0.3 is 19.7 Å². The SMILES string of the molecule is CCOCc1cnc(Cl)nc1Oc1ccc2c(ccc3sc4c(c32)N(C)CC(C)NC4=O)n1. The summed E-state index contributed by atoms with van der Waals surface area (Å²) >= 11 is 7.48. The molecule has 33 heavy (non-hydrogen) atoms. The fraction of sp³-hybridized carbons (Fsp3) is 0.304. The second kappa shape index (κ2) is 8.74. The lowest BCUT2D eigenvalue weighted by Crippen LogP contribution is -2.36. The maximum Gasteiger partial charge on any atom is 0.263 e. The van der Waals surface area contributed by atoms with Crippen LogP contribution in [0.5, 0.6) is 11.8 Å². The number of benzene rings is 1. The lowest BCUT2D eigenvalue weighted by molar-refractivity contribution is 0.0949. The Balaban J connectivity index is 1.58. The van der Waals surface area contributed by atoms with Gasteiger partial charge in [-0.05, 0) is 43.6 Å². The van der Waals surface area contributed by atoms with Crippen molar-refractivity contribution in [1.29, 1.82) is 0 Å². The first-order valence-electron chi connectivity index (χ1n) is 10.6. The zero-order chi connectivity index (χ0) is 23.1. The fourth-order valence-corrected chi connectivity index (χ4v) is 5.34. The number of hydrogen-bond acceptors (Lipinski definition) is 8. The van der Waals surface area contributed by atoms with Gasteiger partial charge >= 0.3 is 0 Å². The number of nitrogens with one attached hydrogen (secondary N) is 1. The van der Waals surface area contributed by atoms with Crippen molar-refractivity contribution in [2.45, 2.75) is 26.5 Å². The average Bonchev–Trinajstić information content (AvgIpc) is 3.14. The molecule has 0 fully saturated rings. The van der Waals surface area contributed by atoms with Gasteiger partial charge in [-0.3, -0.25) is 4.79 Å². The maximum absolute atomic E-state index is 12.8. The monoisotopic (exact) mass is 483 g/mol. The quantitative estimate of drug-likeness (QED) is 0.408. The van der Waals surface area contributed by atoms with Crippen LogP contribution >= 0.6 is 22.9 Å². The van der Waals surface area contributed by atoms with Crippen molar-refractivity contribution in [2.24, 2.45) is 0 Å². The van der Waals surface area contributed by atoms with Crippen LogP contribution in [0.4, 0.5) is 5.69 Å². The standard InChI is InChI=1S/C23H22ClN5O3S/c1-4-31-11-13-9-25-23(24)28-22(13)32-17-8-5-14-15(27-17)6-7-16-18(14)19-20(33-16)21(30)26-12(2)10-29(19)3/h5-9,12H,4,10-11H2,1-3H3,(H,26,30). The predicted molar refractivity (Wildman–Crippen MR) is 130 cm³/mol. The first kappa shape index (κ1) is 21.8. The van der Waals surface area contributed by atoms with E-state index in [1.54, 1.807) is 12.3 Å². The van der Waals surface area contributed by atoms with Gasteiger partial charge in [-0.1, -0.05) is 0 Å². The van der Waals surface area contributed by atoms with Gasteiger partial charge in [-0.2, -0.15) is 4.98 Å².